The van der Waals surface area contributed by atoms with Gasteiger partial charge < -0.3 is 0 Å². The summed E-state index contributed by atoms with van der Waals surface area (Å²) in [6, 6.07) is 6.45. The Labute approximate surface area is 126 Å². The molecule has 0 bridgehead atoms. The first-order valence-electron chi connectivity index (χ1n) is 6.65. The van der Waals surface area contributed by atoms with E-state index in [1.54, 1.807) is 12.1 Å². The van der Waals surface area contributed by atoms with Crippen molar-refractivity contribution in [1.29, 1.82) is 0 Å². The predicted octanol–water partition coefficient (Wildman–Crippen LogP) is 4.31. The Balaban J connectivity index is 2.18. The summed E-state index contributed by atoms with van der Waals surface area (Å²) in [7, 11) is 0. The minimum atomic E-state index is -0.409. The number of nitrogens with one attached hydrogen (secondary N) is 1. The summed E-state index contributed by atoms with van der Waals surface area (Å²) >= 11 is 1.42. The first-order chi connectivity index (χ1) is 10.1. The molecule has 0 aliphatic carbocycles. The van der Waals surface area contributed by atoms with Gasteiger partial charge in [-0.05, 0) is 12.8 Å². The predicted molar refractivity (Wildman–Crippen MR) is 85.8 cm³/mol. The maximum atomic E-state index is 10.8. The first kappa shape index (κ1) is 15.1. The van der Waals surface area contributed by atoms with Gasteiger partial charge in [0.15, 0.2) is 0 Å². The fourth-order valence-corrected chi connectivity index (χ4v) is 2.43. The molecule has 1 aromatic heterocycles. The fourth-order valence-electron chi connectivity index (χ4n) is 1.77. The number of nitro benzene ring substituents is 1. The lowest BCUT2D eigenvalue weighted by Crippen LogP contribution is -1.98. The third-order valence-electron chi connectivity index (χ3n) is 2.98. The molecule has 1 heterocycles. The van der Waals surface area contributed by atoms with Crippen molar-refractivity contribution in [1.82, 2.24) is 4.98 Å². The Hall–Kier alpha value is -2.28. The molecular formula is C14H16N4O2S. The number of hydrazone groups is 1. The standard InChI is InChI=1S/C14H16N4O2S/c1-3-11(4-2)16-17-14-15-13(9-21-14)10-6-5-7-12(8-10)18(19)20/h5-9H,3-4H2,1-2H3,(H,15,17). The molecule has 0 atom stereocenters. The maximum absolute atomic E-state index is 10.8. The zero-order valence-electron chi connectivity index (χ0n) is 11.9. The van der Waals surface area contributed by atoms with Crippen molar-refractivity contribution in [3.05, 3.63) is 39.8 Å². The molecule has 0 amide bonds. The molecule has 0 saturated heterocycles. The van der Waals surface area contributed by atoms with Gasteiger partial charge in [-0.25, -0.2) is 4.98 Å². The van der Waals surface area contributed by atoms with Crippen LogP contribution in [0.1, 0.15) is 26.7 Å². The second-order valence-corrected chi connectivity index (χ2v) is 5.20. The van der Waals surface area contributed by atoms with Crippen molar-refractivity contribution >= 4 is 27.9 Å². The highest BCUT2D eigenvalue weighted by Crippen LogP contribution is 2.27. The molecular weight excluding hydrogens is 288 g/mol. The fraction of sp³-hybridized carbons (Fsp3) is 0.286. The Bertz CT molecular complexity index is 660. The highest BCUT2D eigenvalue weighted by atomic mass is 32.1. The van der Waals surface area contributed by atoms with E-state index < -0.39 is 4.92 Å². The molecule has 0 unspecified atom stereocenters. The van der Waals surface area contributed by atoms with Crippen molar-refractivity contribution in [3.8, 4) is 11.3 Å². The van der Waals surface area contributed by atoms with Crippen LogP contribution in [0, 0.1) is 10.1 Å². The summed E-state index contributed by atoms with van der Waals surface area (Å²) in [5.41, 5.74) is 5.50. The van der Waals surface area contributed by atoms with Gasteiger partial charge in [0.2, 0.25) is 5.13 Å². The van der Waals surface area contributed by atoms with E-state index in [9.17, 15) is 10.1 Å². The van der Waals surface area contributed by atoms with Crippen LogP contribution >= 0.6 is 11.3 Å². The summed E-state index contributed by atoms with van der Waals surface area (Å²) in [5, 5.41) is 17.6. The second-order valence-electron chi connectivity index (χ2n) is 4.34. The Morgan fingerprint density at radius 2 is 2.19 bits per heavy atom. The van der Waals surface area contributed by atoms with Gasteiger partial charge in [-0.3, -0.25) is 15.5 Å². The molecule has 21 heavy (non-hydrogen) atoms. The van der Waals surface area contributed by atoms with Crippen LogP contribution in [0.4, 0.5) is 10.8 Å². The monoisotopic (exact) mass is 304 g/mol. The number of aromatic nitrogens is 1. The minimum Gasteiger partial charge on any atom is -0.258 e. The van der Waals surface area contributed by atoms with Gasteiger partial charge in [0.05, 0.1) is 10.6 Å². The van der Waals surface area contributed by atoms with E-state index in [0.29, 0.717) is 10.8 Å². The lowest BCUT2D eigenvalue weighted by molar-refractivity contribution is -0.384. The van der Waals surface area contributed by atoms with Crippen molar-refractivity contribution in [3.63, 3.8) is 0 Å². The lowest BCUT2D eigenvalue weighted by atomic mass is 10.1. The van der Waals surface area contributed by atoms with E-state index in [4.69, 9.17) is 0 Å². The third-order valence-corrected chi connectivity index (χ3v) is 3.73. The SMILES string of the molecule is CCC(CC)=NNc1nc(-c2cccc([N+](=O)[O-])c2)cs1. The summed E-state index contributed by atoms with van der Waals surface area (Å²) in [6.45, 7) is 4.11. The van der Waals surface area contributed by atoms with Crippen LogP contribution in [0.3, 0.4) is 0 Å². The number of rotatable bonds is 6. The molecule has 0 spiro atoms. The molecule has 6 nitrogen and oxygen atoms in total. The third kappa shape index (κ3) is 3.85. The number of non-ortho nitro benzene ring substituents is 1. The molecule has 2 aromatic rings. The Morgan fingerprint density at radius 1 is 1.43 bits per heavy atom. The van der Waals surface area contributed by atoms with Crippen molar-refractivity contribution in [2.75, 3.05) is 5.43 Å². The molecule has 1 aromatic carbocycles. The van der Waals surface area contributed by atoms with E-state index in [2.05, 4.69) is 29.4 Å². The lowest BCUT2D eigenvalue weighted by Gasteiger charge is -1.99. The molecule has 110 valence electrons. The zero-order valence-corrected chi connectivity index (χ0v) is 12.7. The van der Waals surface area contributed by atoms with Crippen LogP contribution in [-0.4, -0.2) is 15.6 Å². The first-order valence-corrected chi connectivity index (χ1v) is 7.53. The Morgan fingerprint density at radius 3 is 2.86 bits per heavy atom. The zero-order chi connectivity index (χ0) is 15.2. The molecule has 0 aliphatic heterocycles. The molecule has 0 fully saturated rings. The van der Waals surface area contributed by atoms with Crippen LogP contribution < -0.4 is 5.43 Å². The number of nitro groups is 1. The normalized spacial score (nSPS) is 10.2. The summed E-state index contributed by atoms with van der Waals surface area (Å²) in [6.07, 6.45) is 1.79. The molecule has 2 rings (SSSR count). The highest BCUT2D eigenvalue weighted by molar-refractivity contribution is 7.14. The minimum absolute atomic E-state index is 0.0623. The van der Waals surface area contributed by atoms with E-state index in [-0.39, 0.29) is 5.69 Å². The van der Waals surface area contributed by atoms with Crippen molar-refractivity contribution in [2.24, 2.45) is 5.10 Å². The van der Waals surface area contributed by atoms with Gasteiger partial charge in [-0.15, -0.1) is 11.3 Å². The number of benzene rings is 1. The van der Waals surface area contributed by atoms with Crippen LogP contribution in [0.25, 0.3) is 11.3 Å². The highest BCUT2D eigenvalue weighted by Gasteiger charge is 2.09. The van der Waals surface area contributed by atoms with E-state index in [1.165, 1.54) is 23.5 Å². The van der Waals surface area contributed by atoms with Crippen molar-refractivity contribution < 1.29 is 4.92 Å². The van der Waals surface area contributed by atoms with E-state index >= 15 is 0 Å². The van der Waals surface area contributed by atoms with Crippen LogP contribution in [0.15, 0.2) is 34.7 Å². The van der Waals surface area contributed by atoms with Crippen LogP contribution in [0.2, 0.25) is 0 Å². The molecule has 1 N–H and O–H groups in total. The van der Waals surface area contributed by atoms with Crippen LogP contribution in [0.5, 0.6) is 0 Å². The second kappa shape index (κ2) is 6.94. The average molecular weight is 304 g/mol. The summed E-state index contributed by atoms with van der Waals surface area (Å²) < 4.78 is 0. The number of nitrogens with zero attached hydrogens (tertiary/aromatic N) is 3. The smallest absolute Gasteiger partial charge is 0.258 e. The van der Waals surface area contributed by atoms with E-state index in [1.807, 2.05) is 5.38 Å². The molecule has 7 heteroatoms. The molecule has 0 saturated carbocycles. The topological polar surface area (TPSA) is 80.4 Å². The maximum Gasteiger partial charge on any atom is 0.270 e. The number of hydrogen-bond acceptors (Lipinski definition) is 6. The van der Waals surface area contributed by atoms with Gasteiger partial charge in [0.1, 0.15) is 0 Å². The molecule has 0 aliphatic rings. The number of hydrogen-bond donors (Lipinski definition) is 1. The van der Waals surface area contributed by atoms with Crippen molar-refractivity contribution in [2.45, 2.75) is 26.7 Å². The average Bonchev–Trinajstić information content (AvgIpc) is 2.97. The van der Waals surface area contributed by atoms with Crippen LogP contribution in [-0.2, 0) is 0 Å². The number of thiazole rings is 1. The number of anilines is 1. The van der Waals surface area contributed by atoms with E-state index in [0.717, 1.165) is 24.1 Å². The van der Waals surface area contributed by atoms with Gasteiger partial charge in [-0.2, -0.15) is 5.10 Å². The Kier molecular flexibility index (Phi) is 4.99. The van der Waals surface area contributed by atoms with Gasteiger partial charge in [-0.1, -0.05) is 26.0 Å². The molecule has 0 radical (unpaired) electrons. The quantitative estimate of drug-likeness (QED) is 0.490. The summed E-state index contributed by atoms with van der Waals surface area (Å²) in [5.74, 6) is 0. The largest absolute Gasteiger partial charge is 0.270 e. The van der Waals surface area contributed by atoms with Gasteiger partial charge in [0.25, 0.3) is 5.69 Å². The van der Waals surface area contributed by atoms with Gasteiger partial charge in [0, 0.05) is 28.8 Å². The summed E-state index contributed by atoms with van der Waals surface area (Å²) in [4.78, 5) is 14.8. The van der Waals surface area contributed by atoms with Gasteiger partial charge >= 0.3 is 0 Å².